The van der Waals surface area contributed by atoms with Crippen LogP contribution in [0.2, 0.25) is 0 Å². The molecule has 2 N–H and O–H groups in total. The second-order valence-electron chi connectivity index (χ2n) is 5.12. The van der Waals surface area contributed by atoms with Gasteiger partial charge in [-0.15, -0.1) is 11.8 Å². The highest BCUT2D eigenvalue weighted by Crippen LogP contribution is 2.20. The first-order valence-corrected chi connectivity index (χ1v) is 8.45. The standard InChI is InChI=1S/C18H20N2O3S/c1-13(21)20-15-6-8-17(9-7-15)24-12-18(22)19-11-14-4-3-5-16(10-14)23-2/h3-10H,11-12H2,1-2H3,(H,19,22)(H,20,21). The molecular formula is C18H20N2O3S. The molecule has 6 heteroatoms. The summed E-state index contributed by atoms with van der Waals surface area (Å²) in [7, 11) is 1.62. The summed E-state index contributed by atoms with van der Waals surface area (Å²) < 4.78 is 5.16. The van der Waals surface area contributed by atoms with Crippen molar-refractivity contribution in [3.8, 4) is 5.75 Å². The number of carbonyl (C=O) groups is 2. The summed E-state index contributed by atoms with van der Waals surface area (Å²) in [6, 6.07) is 15.0. The molecule has 0 saturated heterocycles. The van der Waals surface area contributed by atoms with E-state index in [1.165, 1.54) is 18.7 Å². The van der Waals surface area contributed by atoms with E-state index in [0.717, 1.165) is 21.9 Å². The van der Waals surface area contributed by atoms with Crippen LogP contribution in [0.25, 0.3) is 0 Å². The summed E-state index contributed by atoms with van der Waals surface area (Å²) >= 11 is 1.45. The van der Waals surface area contributed by atoms with Crippen LogP contribution in [0.5, 0.6) is 5.75 Å². The average Bonchev–Trinajstić information content (AvgIpc) is 2.59. The van der Waals surface area contributed by atoms with Gasteiger partial charge in [-0.25, -0.2) is 0 Å². The second-order valence-corrected chi connectivity index (χ2v) is 6.17. The monoisotopic (exact) mass is 344 g/mol. The average molecular weight is 344 g/mol. The van der Waals surface area contributed by atoms with Crippen LogP contribution in [-0.2, 0) is 16.1 Å². The van der Waals surface area contributed by atoms with Crippen LogP contribution in [-0.4, -0.2) is 24.7 Å². The highest BCUT2D eigenvalue weighted by molar-refractivity contribution is 8.00. The molecule has 0 aromatic heterocycles. The Bertz CT molecular complexity index is 702. The van der Waals surface area contributed by atoms with E-state index in [4.69, 9.17) is 4.74 Å². The van der Waals surface area contributed by atoms with E-state index in [0.29, 0.717) is 12.3 Å². The SMILES string of the molecule is COc1cccc(CNC(=O)CSc2ccc(NC(C)=O)cc2)c1. The van der Waals surface area contributed by atoms with Gasteiger partial charge in [0.2, 0.25) is 11.8 Å². The summed E-state index contributed by atoms with van der Waals surface area (Å²) in [6.07, 6.45) is 0. The van der Waals surface area contributed by atoms with Gasteiger partial charge in [0.15, 0.2) is 0 Å². The fraction of sp³-hybridized carbons (Fsp3) is 0.222. The Hall–Kier alpha value is -2.47. The minimum atomic E-state index is -0.104. The maximum absolute atomic E-state index is 11.9. The summed E-state index contributed by atoms with van der Waals surface area (Å²) in [6.45, 7) is 1.94. The molecular weight excluding hydrogens is 324 g/mol. The van der Waals surface area contributed by atoms with Gasteiger partial charge in [0.25, 0.3) is 0 Å². The summed E-state index contributed by atoms with van der Waals surface area (Å²) in [5, 5.41) is 5.59. The van der Waals surface area contributed by atoms with Crippen molar-refractivity contribution in [3.63, 3.8) is 0 Å². The van der Waals surface area contributed by atoms with E-state index < -0.39 is 0 Å². The highest BCUT2D eigenvalue weighted by atomic mass is 32.2. The van der Waals surface area contributed by atoms with Gasteiger partial charge >= 0.3 is 0 Å². The molecule has 0 aliphatic rings. The smallest absolute Gasteiger partial charge is 0.230 e. The second kappa shape index (κ2) is 8.98. The zero-order chi connectivity index (χ0) is 17.4. The minimum absolute atomic E-state index is 0.0336. The number of methoxy groups -OCH3 is 1. The van der Waals surface area contributed by atoms with E-state index in [2.05, 4.69) is 10.6 Å². The predicted octanol–water partition coefficient (Wildman–Crippen LogP) is 3.06. The van der Waals surface area contributed by atoms with Gasteiger partial charge in [-0.2, -0.15) is 0 Å². The fourth-order valence-electron chi connectivity index (χ4n) is 2.02. The molecule has 2 aromatic carbocycles. The van der Waals surface area contributed by atoms with Gasteiger partial charge in [-0.05, 0) is 42.0 Å². The lowest BCUT2D eigenvalue weighted by molar-refractivity contribution is -0.118. The Morgan fingerprint density at radius 3 is 2.54 bits per heavy atom. The van der Waals surface area contributed by atoms with Gasteiger partial charge < -0.3 is 15.4 Å². The van der Waals surface area contributed by atoms with Crippen molar-refractivity contribution in [1.82, 2.24) is 5.32 Å². The molecule has 2 aromatic rings. The lowest BCUT2D eigenvalue weighted by atomic mass is 10.2. The third kappa shape index (κ3) is 5.96. The molecule has 2 rings (SSSR count). The van der Waals surface area contributed by atoms with Crippen molar-refractivity contribution in [1.29, 1.82) is 0 Å². The number of hydrogen-bond donors (Lipinski definition) is 2. The van der Waals surface area contributed by atoms with Crippen LogP contribution < -0.4 is 15.4 Å². The first-order valence-electron chi connectivity index (χ1n) is 7.47. The maximum atomic E-state index is 11.9. The van der Waals surface area contributed by atoms with Gasteiger partial charge in [-0.1, -0.05) is 12.1 Å². The van der Waals surface area contributed by atoms with E-state index in [1.807, 2.05) is 48.5 Å². The van der Waals surface area contributed by atoms with E-state index in [1.54, 1.807) is 7.11 Å². The fourth-order valence-corrected chi connectivity index (χ4v) is 2.75. The third-order valence-electron chi connectivity index (χ3n) is 3.17. The number of thioether (sulfide) groups is 1. The molecule has 0 aliphatic heterocycles. The topological polar surface area (TPSA) is 67.4 Å². The zero-order valence-electron chi connectivity index (χ0n) is 13.7. The number of rotatable bonds is 7. The van der Waals surface area contributed by atoms with Gasteiger partial charge in [0, 0.05) is 24.1 Å². The lowest BCUT2D eigenvalue weighted by Gasteiger charge is -2.07. The third-order valence-corrected chi connectivity index (χ3v) is 4.18. The van der Waals surface area contributed by atoms with Crippen LogP contribution >= 0.6 is 11.8 Å². The van der Waals surface area contributed by atoms with Gasteiger partial charge in [0.05, 0.1) is 12.9 Å². The molecule has 0 radical (unpaired) electrons. The molecule has 2 amide bonds. The normalized spacial score (nSPS) is 10.1. The molecule has 5 nitrogen and oxygen atoms in total. The number of nitrogens with one attached hydrogen (secondary N) is 2. The van der Waals surface area contributed by atoms with Crippen molar-refractivity contribution in [2.75, 3.05) is 18.2 Å². The Labute approximate surface area is 145 Å². The van der Waals surface area contributed by atoms with Crippen LogP contribution in [0.15, 0.2) is 53.4 Å². The van der Waals surface area contributed by atoms with Crippen LogP contribution in [0, 0.1) is 0 Å². The van der Waals surface area contributed by atoms with Crippen molar-refractivity contribution >= 4 is 29.3 Å². The molecule has 0 atom stereocenters. The Morgan fingerprint density at radius 2 is 1.88 bits per heavy atom. The summed E-state index contributed by atoms with van der Waals surface area (Å²) in [5.41, 5.74) is 1.74. The van der Waals surface area contributed by atoms with Crippen LogP contribution in [0.4, 0.5) is 5.69 Å². The van der Waals surface area contributed by atoms with Crippen molar-refractivity contribution in [2.45, 2.75) is 18.4 Å². The molecule has 126 valence electrons. The molecule has 0 saturated carbocycles. The van der Waals surface area contributed by atoms with Crippen LogP contribution in [0.3, 0.4) is 0 Å². The van der Waals surface area contributed by atoms with Crippen molar-refractivity contribution in [2.24, 2.45) is 0 Å². The number of anilines is 1. The number of amides is 2. The number of benzene rings is 2. The Balaban J connectivity index is 1.77. The quantitative estimate of drug-likeness (QED) is 0.758. The Kier molecular flexibility index (Phi) is 6.69. The number of ether oxygens (including phenoxy) is 1. The molecule has 0 bridgehead atoms. The predicted molar refractivity (Wildman–Crippen MR) is 96.3 cm³/mol. The van der Waals surface area contributed by atoms with Gasteiger partial charge in [0.1, 0.15) is 5.75 Å². The highest BCUT2D eigenvalue weighted by Gasteiger charge is 2.04. The molecule has 0 unspecified atom stereocenters. The van der Waals surface area contributed by atoms with E-state index in [-0.39, 0.29) is 11.8 Å². The van der Waals surface area contributed by atoms with Crippen LogP contribution in [0.1, 0.15) is 12.5 Å². The first-order chi connectivity index (χ1) is 11.6. The minimum Gasteiger partial charge on any atom is -0.497 e. The maximum Gasteiger partial charge on any atom is 0.230 e. The molecule has 24 heavy (non-hydrogen) atoms. The molecule has 0 fully saturated rings. The largest absolute Gasteiger partial charge is 0.497 e. The first kappa shape index (κ1) is 17.9. The number of carbonyl (C=O) groups excluding carboxylic acids is 2. The van der Waals surface area contributed by atoms with Gasteiger partial charge in [-0.3, -0.25) is 9.59 Å². The summed E-state index contributed by atoms with van der Waals surface area (Å²) in [5.74, 6) is 0.972. The number of hydrogen-bond acceptors (Lipinski definition) is 4. The lowest BCUT2D eigenvalue weighted by Crippen LogP contribution is -2.24. The zero-order valence-corrected chi connectivity index (χ0v) is 14.5. The van der Waals surface area contributed by atoms with E-state index >= 15 is 0 Å². The van der Waals surface area contributed by atoms with E-state index in [9.17, 15) is 9.59 Å². The molecule has 0 spiro atoms. The molecule has 0 heterocycles. The summed E-state index contributed by atoms with van der Waals surface area (Å²) in [4.78, 5) is 23.9. The van der Waals surface area contributed by atoms with Crippen molar-refractivity contribution < 1.29 is 14.3 Å². The molecule has 0 aliphatic carbocycles. The van der Waals surface area contributed by atoms with Crippen molar-refractivity contribution in [3.05, 3.63) is 54.1 Å². The Morgan fingerprint density at radius 1 is 1.12 bits per heavy atom.